The van der Waals surface area contributed by atoms with Crippen LogP contribution in [0.15, 0.2) is 66.7 Å². The Morgan fingerprint density at radius 1 is 0.838 bits per heavy atom. The third-order valence-corrected chi connectivity index (χ3v) is 7.65. The molecular formula is C31H35NO4S. The summed E-state index contributed by atoms with van der Waals surface area (Å²) in [5.74, 6) is 3.64. The first-order valence-corrected chi connectivity index (χ1v) is 13.9. The molecule has 0 radical (unpaired) electrons. The molecule has 0 unspecified atom stereocenters. The summed E-state index contributed by atoms with van der Waals surface area (Å²) in [5, 5.41) is 1.21. The number of ether oxygens (including phenoxy) is 4. The van der Waals surface area contributed by atoms with E-state index in [1.165, 1.54) is 42.4 Å². The lowest BCUT2D eigenvalue weighted by molar-refractivity contribution is 0.183. The van der Waals surface area contributed by atoms with Crippen LogP contribution in [-0.2, 0) is 0 Å². The van der Waals surface area contributed by atoms with Crippen LogP contribution in [0.1, 0.15) is 33.1 Å². The SMILES string of the molecule is COc1cc(OC(C)C)c(Oc2ccc(OCCN3CCCCC3)cc2)cc1-c1cc2ccccc2s1. The van der Waals surface area contributed by atoms with Crippen molar-refractivity contribution in [3.05, 3.63) is 66.7 Å². The highest BCUT2D eigenvalue weighted by molar-refractivity contribution is 7.22. The predicted octanol–water partition coefficient (Wildman–Crippen LogP) is 8.02. The van der Waals surface area contributed by atoms with Gasteiger partial charge in [0.15, 0.2) is 11.5 Å². The first-order chi connectivity index (χ1) is 18.1. The third-order valence-electron chi connectivity index (χ3n) is 6.50. The quantitative estimate of drug-likeness (QED) is 0.213. The molecule has 1 aliphatic rings. The van der Waals surface area contributed by atoms with Gasteiger partial charge in [0.05, 0.1) is 13.2 Å². The zero-order valence-corrected chi connectivity index (χ0v) is 22.7. The molecule has 0 amide bonds. The summed E-state index contributed by atoms with van der Waals surface area (Å²) >= 11 is 1.74. The molecule has 6 heteroatoms. The maximum absolute atomic E-state index is 6.36. The second-order valence-electron chi connectivity index (χ2n) is 9.64. The minimum atomic E-state index is -0.00193. The molecule has 0 aliphatic carbocycles. The van der Waals surface area contributed by atoms with Gasteiger partial charge in [-0.2, -0.15) is 0 Å². The average Bonchev–Trinajstić information content (AvgIpc) is 3.35. The molecule has 4 aromatic rings. The molecule has 1 saturated heterocycles. The number of likely N-dealkylation sites (tertiary alicyclic amines) is 1. The number of benzene rings is 3. The van der Waals surface area contributed by atoms with Crippen molar-refractivity contribution in [3.63, 3.8) is 0 Å². The van der Waals surface area contributed by atoms with E-state index in [-0.39, 0.29) is 6.10 Å². The van der Waals surface area contributed by atoms with Crippen molar-refractivity contribution in [2.24, 2.45) is 0 Å². The normalized spacial score (nSPS) is 14.2. The number of fused-ring (bicyclic) bond motifs is 1. The van der Waals surface area contributed by atoms with Crippen molar-refractivity contribution >= 4 is 21.4 Å². The first kappa shape index (κ1) is 25.4. The molecule has 0 saturated carbocycles. The Balaban J connectivity index is 1.35. The molecule has 0 spiro atoms. The van der Waals surface area contributed by atoms with Gasteiger partial charge in [0, 0.05) is 27.8 Å². The first-order valence-electron chi connectivity index (χ1n) is 13.1. The molecule has 194 valence electrons. The summed E-state index contributed by atoms with van der Waals surface area (Å²) in [5.41, 5.74) is 0.979. The Hall–Kier alpha value is -3.22. The minimum absolute atomic E-state index is 0.00193. The van der Waals surface area contributed by atoms with Crippen LogP contribution in [0.2, 0.25) is 0 Å². The molecule has 2 heterocycles. The number of methoxy groups -OCH3 is 1. The van der Waals surface area contributed by atoms with Gasteiger partial charge in [-0.05, 0) is 87.6 Å². The van der Waals surface area contributed by atoms with Crippen LogP contribution in [0, 0.1) is 0 Å². The van der Waals surface area contributed by atoms with Gasteiger partial charge in [-0.3, -0.25) is 4.90 Å². The molecule has 1 aliphatic heterocycles. The van der Waals surface area contributed by atoms with Crippen LogP contribution in [-0.4, -0.2) is 44.4 Å². The van der Waals surface area contributed by atoms with Gasteiger partial charge in [0.25, 0.3) is 0 Å². The van der Waals surface area contributed by atoms with Crippen molar-refractivity contribution in [1.82, 2.24) is 4.90 Å². The maximum atomic E-state index is 6.36. The molecule has 5 nitrogen and oxygen atoms in total. The van der Waals surface area contributed by atoms with E-state index in [1.807, 2.05) is 50.2 Å². The van der Waals surface area contributed by atoms with Crippen molar-refractivity contribution in [2.45, 2.75) is 39.2 Å². The van der Waals surface area contributed by atoms with Crippen LogP contribution in [0.4, 0.5) is 0 Å². The average molecular weight is 518 g/mol. The smallest absolute Gasteiger partial charge is 0.170 e. The Morgan fingerprint density at radius 3 is 2.32 bits per heavy atom. The van der Waals surface area contributed by atoms with Gasteiger partial charge in [0.1, 0.15) is 23.9 Å². The lowest BCUT2D eigenvalue weighted by Gasteiger charge is -2.26. The van der Waals surface area contributed by atoms with Gasteiger partial charge in [-0.15, -0.1) is 11.3 Å². The summed E-state index contributed by atoms with van der Waals surface area (Å²) in [6, 6.07) is 22.3. The van der Waals surface area contributed by atoms with E-state index >= 15 is 0 Å². The summed E-state index contributed by atoms with van der Waals surface area (Å²) in [7, 11) is 1.69. The van der Waals surface area contributed by atoms with Crippen LogP contribution >= 0.6 is 11.3 Å². The minimum Gasteiger partial charge on any atom is -0.496 e. The van der Waals surface area contributed by atoms with Crippen molar-refractivity contribution in [1.29, 1.82) is 0 Å². The Kier molecular flexibility index (Phi) is 8.17. The summed E-state index contributed by atoms with van der Waals surface area (Å²) in [4.78, 5) is 3.60. The van der Waals surface area contributed by atoms with E-state index in [0.717, 1.165) is 34.2 Å². The Labute approximate surface area is 223 Å². The standard InChI is InChI=1S/C31H35NO4S/c1-22(2)35-29-21-27(33-3)26(31-19-23-9-5-6-10-30(23)37-31)20-28(29)36-25-13-11-24(12-14-25)34-18-17-32-15-7-4-8-16-32/h5-6,9-14,19-22H,4,7-8,15-18H2,1-3H3. The number of nitrogens with zero attached hydrogens (tertiary/aromatic N) is 1. The number of piperidine rings is 1. The molecule has 0 N–H and O–H groups in total. The fourth-order valence-electron chi connectivity index (χ4n) is 4.65. The van der Waals surface area contributed by atoms with Gasteiger partial charge < -0.3 is 18.9 Å². The zero-order valence-electron chi connectivity index (χ0n) is 21.9. The van der Waals surface area contributed by atoms with Crippen LogP contribution in [0.3, 0.4) is 0 Å². The van der Waals surface area contributed by atoms with Gasteiger partial charge >= 0.3 is 0 Å². The van der Waals surface area contributed by atoms with Gasteiger partial charge in [-0.25, -0.2) is 0 Å². The largest absolute Gasteiger partial charge is 0.496 e. The topological polar surface area (TPSA) is 40.2 Å². The Bertz CT molecular complexity index is 1280. The second kappa shape index (κ2) is 11.9. The van der Waals surface area contributed by atoms with E-state index in [0.29, 0.717) is 18.1 Å². The number of hydrogen-bond donors (Lipinski definition) is 0. The van der Waals surface area contributed by atoms with Crippen molar-refractivity contribution in [2.75, 3.05) is 33.4 Å². The second-order valence-corrected chi connectivity index (χ2v) is 10.7. The lowest BCUT2D eigenvalue weighted by Crippen LogP contribution is -2.33. The van der Waals surface area contributed by atoms with E-state index in [4.69, 9.17) is 18.9 Å². The number of hydrogen-bond acceptors (Lipinski definition) is 6. The molecule has 0 atom stereocenters. The molecular weight excluding hydrogens is 482 g/mol. The monoisotopic (exact) mass is 517 g/mol. The highest BCUT2D eigenvalue weighted by atomic mass is 32.1. The lowest BCUT2D eigenvalue weighted by atomic mass is 10.1. The van der Waals surface area contributed by atoms with Crippen molar-refractivity contribution < 1.29 is 18.9 Å². The summed E-state index contributed by atoms with van der Waals surface area (Å²) in [6.45, 7) is 8.05. The van der Waals surface area contributed by atoms with Gasteiger partial charge in [0.2, 0.25) is 0 Å². The van der Waals surface area contributed by atoms with Crippen LogP contribution < -0.4 is 18.9 Å². The number of rotatable bonds is 10. The molecule has 5 rings (SSSR count). The zero-order chi connectivity index (χ0) is 25.6. The van der Waals surface area contributed by atoms with Gasteiger partial charge in [-0.1, -0.05) is 24.6 Å². The van der Waals surface area contributed by atoms with E-state index in [9.17, 15) is 0 Å². The molecule has 1 aromatic heterocycles. The third kappa shape index (κ3) is 6.38. The molecule has 0 bridgehead atoms. The summed E-state index contributed by atoms with van der Waals surface area (Å²) in [6.07, 6.45) is 3.94. The fraction of sp³-hybridized carbons (Fsp3) is 0.355. The fourth-order valence-corrected chi connectivity index (χ4v) is 5.73. The summed E-state index contributed by atoms with van der Waals surface area (Å²) < 4.78 is 25.5. The highest BCUT2D eigenvalue weighted by Gasteiger charge is 2.18. The maximum Gasteiger partial charge on any atom is 0.170 e. The van der Waals surface area contributed by atoms with E-state index in [1.54, 1.807) is 18.4 Å². The highest BCUT2D eigenvalue weighted by Crippen LogP contribution is 2.45. The molecule has 3 aromatic carbocycles. The predicted molar refractivity (Wildman–Crippen MR) is 152 cm³/mol. The molecule has 1 fully saturated rings. The Morgan fingerprint density at radius 2 is 1.59 bits per heavy atom. The number of thiophene rings is 1. The molecule has 37 heavy (non-hydrogen) atoms. The van der Waals surface area contributed by atoms with Crippen molar-refractivity contribution in [3.8, 4) is 39.2 Å². The van der Waals surface area contributed by atoms with Crippen LogP contribution in [0.5, 0.6) is 28.7 Å². The van der Waals surface area contributed by atoms with Crippen LogP contribution in [0.25, 0.3) is 20.5 Å². The van der Waals surface area contributed by atoms with E-state index in [2.05, 4.69) is 35.2 Å². The van der Waals surface area contributed by atoms with E-state index < -0.39 is 0 Å².